The number of para-hydroxylation sites is 1. The summed E-state index contributed by atoms with van der Waals surface area (Å²) >= 11 is 1.86. The van der Waals surface area contributed by atoms with Gasteiger partial charge < -0.3 is 4.90 Å². The highest BCUT2D eigenvalue weighted by atomic mass is 32.2. The third-order valence-corrected chi connectivity index (χ3v) is 5.77. The SMILES string of the molecule is Cc1nn(C)c(C)c1CC(=O)N1CC[C@@H](C)Sc2ccccc21. The third-order valence-electron chi connectivity index (χ3n) is 4.53. The van der Waals surface area contributed by atoms with Crippen molar-refractivity contribution in [3.05, 3.63) is 41.2 Å². The minimum atomic E-state index is 0.159. The number of aryl methyl sites for hydroxylation is 2. The van der Waals surface area contributed by atoms with Gasteiger partial charge in [0.25, 0.3) is 0 Å². The first-order valence-corrected chi connectivity index (χ1v) is 8.90. The van der Waals surface area contributed by atoms with Crippen molar-refractivity contribution >= 4 is 23.4 Å². The Morgan fingerprint density at radius 3 is 2.78 bits per heavy atom. The summed E-state index contributed by atoms with van der Waals surface area (Å²) in [6.45, 7) is 7.01. The Hall–Kier alpha value is -1.75. The Morgan fingerprint density at radius 1 is 1.35 bits per heavy atom. The predicted octanol–water partition coefficient (Wildman–Crippen LogP) is 3.50. The van der Waals surface area contributed by atoms with Crippen molar-refractivity contribution in [1.82, 2.24) is 9.78 Å². The molecule has 1 aliphatic rings. The van der Waals surface area contributed by atoms with Crippen LogP contribution < -0.4 is 4.90 Å². The third kappa shape index (κ3) is 3.15. The summed E-state index contributed by atoms with van der Waals surface area (Å²) in [6, 6.07) is 8.22. The van der Waals surface area contributed by atoms with E-state index < -0.39 is 0 Å². The molecule has 0 saturated heterocycles. The number of amides is 1. The average Bonchev–Trinajstić information content (AvgIpc) is 2.68. The lowest BCUT2D eigenvalue weighted by Gasteiger charge is -2.22. The van der Waals surface area contributed by atoms with Gasteiger partial charge in [-0.1, -0.05) is 19.1 Å². The van der Waals surface area contributed by atoms with Gasteiger partial charge in [-0.2, -0.15) is 5.10 Å². The molecule has 1 amide bonds. The summed E-state index contributed by atoms with van der Waals surface area (Å²) in [5, 5.41) is 4.95. The van der Waals surface area contributed by atoms with Crippen LogP contribution in [0.25, 0.3) is 0 Å². The van der Waals surface area contributed by atoms with Gasteiger partial charge in [0.2, 0.25) is 5.91 Å². The van der Waals surface area contributed by atoms with E-state index in [0.717, 1.165) is 35.6 Å². The largest absolute Gasteiger partial charge is 0.311 e. The van der Waals surface area contributed by atoms with Gasteiger partial charge in [-0.25, -0.2) is 0 Å². The molecule has 0 spiro atoms. The van der Waals surface area contributed by atoms with Crippen molar-refractivity contribution in [2.75, 3.05) is 11.4 Å². The van der Waals surface area contributed by atoms with E-state index in [0.29, 0.717) is 11.7 Å². The van der Waals surface area contributed by atoms with Gasteiger partial charge in [-0.05, 0) is 32.4 Å². The molecule has 1 aromatic heterocycles. The van der Waals surface area contributed by atoms with E-state index in [1.54, 1.807) is 0 Å². The second-order valence-electron chi connectivity index (χ2n) is 6.18. The fourth-order valence-corrected chi connectivity index (χ4v) is 4.18. The first-order chi connectivity index (χ1) is 11.0. The fourth-order valence-electron chi connectivity index (χ4n) is 3.07. The van der Waals surface area contributed by atoms with Gasteiger partial charge >= 0.3 is 0 Å². The molecule has 0 radical (unpaired) electrons. The Morgan fingerprint density at radius 2 is 2.09 bits per heavy atom. The zero-order valence-corrected chi connectivity index (χ0v) is 15.0. The maximum Gasteiger partial charge on any atom is 0.231 e. The number of carbonyl (C=O) groups excluding carboxylic acids is 1. The molecule has 2 aromatic rings. The summed E-state index contributed by atoms with van der Waals surface area (Å²) in [5.41, 5.74) is 4.12. The minimum Gasteiger partial charge on any atom is -0.311 e. The number of hydrogen-bond donors (Lipinski definition) is 0. The minimum absolute atomic E-state index is 0.159. The Bertz CT molecular complexity index is 738. The van der Waals surface area contributed by atoms with E-state index in [9.17, 15) is 4.79 Å². The molecule has 0 bridgehead atoms. The Kier molecular flexibility index (Phi) is 4.48. The molecule has 0 saturated carbocycles. The summed E-state index contributed by atoms with van der Waals surface area (Å²) in [5.74, 6) is 0.159. The van der Waals surface area contributed by atoms with Gasteiger partial charge in [0, 0.05) is 35.0 Å². The molecular weight excluding hydrogens is 306 g/mol. The van der Waals surface area contributed by atoms with Crippen molar-refractivity contribution in [3.63, 3.8) is 0 Å². The zero-order valence-electron chi connectivity index (χ0n) is 14.2. The van der Waals surface area contributed by atoms with Gasteiger partial charge in [0.15, 0.2) is 0 Å². The molecule has 0 aliphatic carbocycles. The summed E-state index contributed by atoms with van der Waals surface area (Å²) < 4.78 is 1.85. The second kappa shape index (κ2) is 6.40. The maximum absolute atomic E-state index is 13.0. The molecule has 23 heavy (non-hydrogen) atoms. The molecule has 0 N–H and O–H groups in total. The van der Waals surface area contributed by atoms with Crippen LogP contribution in [0.2, 0.25) is 0 Å². The van der Waals surface area contributed by atoms with Gasteiger partial charge in [-0.15, -0.1) is 11.8 Å². The van der Waals surface area contributed by atoms with Crippen LogP contribution in [0.3, 0.4) is 0 Å². The number of rotatable bonds is 2. The normalized spacial score (nSPS) is 17.7. The second-order valence-corrected chi connectivity index (χ2v) is 7.66. The summed E-state index contributed by atoms with van der Waals surface area (Å²) in [7, 11) is 1.93. The zero-order chi connectivity index (χ0) is 16.6. The van der Waals surface area contributed by atoms with E-state index >= 15 is 0 Å². The van der Waals surface area contributed by atoms with Crippen molar-refractivity contribution in [3.8, 4) is 0 Å². The van der Waals surface area contributed by atoms with E-state index in [-0.39, 0.29) is 5.91 Å². The van der Waals surface area contributed by atoms with Crippen molar-refractivity contribution in [2.24, 2.45) is 7.05 Å². The number of carbonyl (C=O) groups is 1. The summed E-state index contributed by atoms with van der Waals surface area (Å²) in [4.78, 5) is 16.1. The molecule has 122 valence electrons. The molecule has 0 fully saturated rings. The van der Waals surface area contributed by atoms with Gasteiger partial charge in [0.1, 0.15) is 0 Å². The Labute approximate surface area is 141 Å². The van der Waals surface area contributed by atoms with Crippen molar-refractivity contribution in [1.29, 1.82) is 0 Å². The average molecular weight is 329 g/mol. The van der Waals surface area contributed by atoms with Crippen LogP contribution >= 0.6 is 11.8 Å². The van der Waals surface area contributed by atoms with Crippen LogP contribution in [0.1, 0.15) is 30.3 Å². The number of anilines is 1. The highest BCUT2D eigenvalue weighted by Crippen LogP contribution is 2.37. The standard InChI is InChI=1S/C18H23N3OS/c1-12-9-10-21(16-7-5-6-8-17(16)23-12)18(22)11-15-13(2)19-20(4)14(15)3/h5-8,12H,9-11H2,1-4H3/t12-/m1/s1. The molecular formula is C18H23N3OS. The van der Waals surface area contributed by atoms with Crippen LogP contribution in [-0.2, 0) is 18.3 Å². The van der Waals surface area contributed by atoms with E-state index in [1.165, 1.54) is 4.90 Å². The number of aromatic nitrogens is 2. The smallest absolute Gasteiger partial charge is 0.231 e. The number of nitrogens with zero attached hydrogens (tertiary/aromatic N) is 3. The highest BCUT2D eigenvalue weighted by Gasteiger charge is 2.25. The molecule has 0 unspecified atom stereocenters. The van der Waals surface area contributed by atoms with Crippen LogP contribution in [-0.4, -0.2) is 27.5 Å². The highest BCUT2D eigenvalue weighted by molar-refractivity contribution is 8.00. The monoisotopic (exact) mass is 329 g/mol. The lowest BCUT2D eigenvalue weighted by atomic mass is 10.1. The fraction of sp³-hybridized carbons (Fsp3) is 0.444. The van der Waals surface area contributed by atoms with Crippen molar-refractivity contribution < 1.29 is 4.79 Å². The van der Waals surface area contributed by atoms with Crippen LogP contribution in [0.4, 0.5) is 5.69 Å². The quantitative estimate of drug-likeness (QED) is 0.846. The van der Waals surface area contributed by atoms with E-state index in [2.05, 4.69) is 24.2 Å². The van der Waals surface area contributed by atoms with Crippen LogP contribution in [0.15, 0.2) is 29.2 Å². The lowest BCUT2D eigenvalue weighted by Crippen LogP contribution is -2.33. The number of benzene rings is 1. The number of fused-ring (bicyclic) bond motifs is 1. The predicted molar refractivity (Wildman–Crippen MR) is 95.1 cm³/mol. The number of hydrogen-bond acceptors (Lipinski definition) is 3. The first kappa shape index (κ1) is 16.1. The molecule has 1 atom stereocenters. The van der Waals surface area contributed by atoms with Gasteiger partial charge in [-0.3, -0.25) is 9.48 Å². The van der Waals surface area contributed by atoms with Crippen LogP contribution in [0, 0.1) is 13.8 Å². The topological polar surface area (TPSA) is 38.1 Å². The Balaban J connectivity index is 1.90. The van der Waals surface area contributed by atoms with Crippen LogP contribution in [0.5, 0.6) is 0 Å². The first-order valence-electron chi connectivity index (χ1n) is 8.02. The maximum atomic E-state index is 13.0. The van der Waals surface area contributed by atoms with E-state index in [4.69, 9.17) is 0 Å². The molecule has 5 heteroatoms. The summed E-state index contributed by atoms with van der Waals surface area (Å²) in [6.07, 6.45) is 1.43. The van der Waals surface area contributed by atoms with E-state index in [1.807, 2.05) is 54.4 Å². The number of thioether (sulfide) groups is 1. The molecule has 3 rings (SSSR count). The molecule has 2 heterocycles. The molecule has 1 aromatic carbocycles. The lowest BCUT2D eigenvalue weighted by molar-refractivity contribution is -0.118. The molecule has 4 nitrogen and oxygen atoms in total. The van der Waals surface area contributed by atoms with Crippen molar-refractivity contribution in [2.45, 2.75) is 43.8 Å². The molecule has 1 aliphatic heterocycles. The van der Waals surface area contributed by atoms with Gasteiger partial charge in [0.05, 0.1) is 17.8 Å².